The van der Waals surface area contributed by atoms with Crippen molar-refractivity contribution in [2.75, 3.05) is 0 Å². The molecule has 0 fully saturated rings. The van der Waals surface area contributed by atoms with Gasteiger partial charge in [-0.25, -0.2) is 0 Å². The summed E-state index contributed by atoms with van der Waals surface area (Å²) < 4.78 is 0. The molecular weight excluding hydrogens is 320 g/mol. The van der Waals surface area contributed by atoms with Crippen LogP contribution < -0.4 is 0 Å². The molecule has 132 valence electrons. The predicted octanol–water partition coefficient (Wildman–Crippen LogP) is 5.26. The van der Waals surface area contributed by atoms with E-state index in [-0.39, 0.29) is 0 Å². The lowest BCUT2D eigenvalue weighted by atomic mass is 9.95. The van der Waals surface area contributed by atoms with Crippen LogP contribution in [0.1, 0.15) is 41.5 Å². The molecular formula is C23H24N2O. The predicted molar refractivity (Wildman–Crippen MR) is 106 cm³/mol. The summed E-state index contributed by atoms with van der Waals surface area (Å²) in [5, 5.41) is 13.1. The largest absolute Gasteiger partial charge is 0.410 e. The van der Waals surface area contributed by atoms with Crippen molar-refractivity contribution in [1.82, 2.24) is 4.98 Å². The van der Waals surface area contributed by atoms with E-state index in [1.165, 1.54) is 24.0 Å². The van der Waals surface area contributed by atoms with E-state index >= 15 is 0 Å². The highest BCUT2D eigenvalue weighted by Crippen LogP contribution is 2.18. The van der Waals surface area contributed by atoms with Gasteiger partial charge in [0.25, 0.3) is 0 Å². The summed E-state index contributed by atoms with van der Waals surface area (Å²) >= 11 is 0. The van der Waals surface area contributed by atoms with Gasteiger partial charge in [-0.05, 0) is 48.9 Å². The first-order chi connectivity index (χ1) is 12.9. The van der Waals surface area contributed by atoms with Crippen molar-refractivity contribution in [3.63, 3.8) is 0 Å². The first-order valence-corrected chi connectivity index (χ1v) is 9.13. The molecule has 0 bridgehead atoms. The number of hydrogen-bond acceptors (Lipinski definition) is 3. The lowest BCUT2D eigenvalue weighted by Crippen LogP contribution is -2.07. The molecule has 0 atom stereocenters. The summed E-state index contributed by atoms with van der Waals surface area (Å²) in [6.07, 6.45) is 9.04. The first kappa shape index (κ1) is 17.9. The Hall–Kier alpha value is -2.94. The van der Waals surface area contributed by atoms with E-state index in [2.05, 4.69) is 46.5 Å². The maximum absolute atomic E-state index is 9.55. The Kier molecular flexibility index (Phi) is 6.54. The number of pyridine rings is 1. The molecule has 26 heavy (non-hydrogen) atoms. The number of aromatic nitrogens is 1. The summed E-state index contributed by atoms with van der Waals surface area (Å²) in [5.41, 5.74) is 5.00. The van der Waals surface area contributed by atoms with Gasteiger partial charge in [-0.3, -0.25) is 4.98 Å². The number of hydrogen-bond donors (Lipinski definition) is 1. The smallest absolute Gasteiger partial charge is 0.118 e. The second kappa shape index (κ2) is 9.52. The summed E-state index contributed by atoms with van der Waals surface area (Å²) in [6.45, 7) is 0. The molecule has 1 N–H and O–H groups in total. The lowest BCUT2D eigenvalue weighted by Gasteiger charge is -2.11. The standard InChI is InChI=1S/C23H24N2O/c26-25-23(21-15-9-17-24-18-21)22-16-8-7-14-20(22)13-6-2-5-12-19-10-3-1-4-11-19/h1,3-4,7-11,14-18,26H,2,5-6,12-13H2. The topological polar surface area (TPSA) is 45.5 Å². The van der Waals surface area contributed by atoms with Crippen LogP contribution in [-0.4, -0.2) is 15.9 Å². The zero-order valence-electron chi connectivity index (χ0n) is 14.9. The molecule has 3 nitrogen and oxygen atoms in total. The molecule has 3 aromatic rings. The van der Waals surface area contributed by atoms with E-state index in [9.17, 15) is 5.21 Å². The fraction of sp³-hybridized carbons (Fsp3) is 0.217. The van der Waals surface area contributed by atoms with Gasteiger partial charge in [-0.2, -0.15) is 0 Å². The average molecular weight is 344 g/mol. The summed E-state index contributed by atoms with van der Waals surface area (Å²) in [7, 11) is 0. The van der Waals surface area contributed by atoms with E-state index in [1.54, 1.807) is 12.4 Å². The van der Waals surface area contributed by atoms with Crippen LogP contribution >= 0.6 is 0 Å². The Bertz CT molecular complexity index is 829. The molecule has 0 spiro atoms. The van der Waals surface area contributed by atoms with Gasteiger partial charge >= 0.3 is 0 Å². The van der Waals surface area contributed by atoms with Crippen LogP contribution in [-0.2, 0) is 12.8 Å². The van der Waals surface area contributed by atoms with Gasteiger partial charge in [0.15, 0.2) is 0 Å². The second-order valence-electron chi connectivity index (χ2n) is 6.39. The third kappa shape index (κ3) is 4.79. The van der Waals surface area contributed by atoms with E-state index in [4.69, 9.17) is 0 Å². The van der Waals surface area contributed by atoms with E-state index < -0.39 is 0 Å². The Morgan fingerprint density at radius 1 is 0.808 bits per heavy atom. The summed E-state index contributed by atoms with van der Waals surface area (Å²) in [4.78, 5) is 4.13. The Labute approximate surface area is 155 Å². The first-order valence-electron chi connectivity index (χ1n) is 9.13. The number of nitrogens with zero attached hydrogens (tertiary/aromatic N) is 2. The van der Waals surface area contributed by atoms with Crippen molar-refractivity contribution >= 4 is 5.71 Å². The van der Waals surface area contributed by atoms with Gasteiger partial charge in [0.2, 0.25) is 0 Å². The molecule has 0 saturated heterocycles. The molecule has 0 aliphatic carbocycles. The van der Waals surface area contributed by atoms with Crippen molar-refractivity contribution in [2.24, 2.45) is 5.16 Å². The van der Waals surface area contributed by atoms with E-state index in [0.717, 1.165) is 30.4 Å². The number of benzene rings is 2. The van der Waals surface area contributed by atoms with Gasteiger partial charge in [0.1, 0.15) is 5.71 Å². The fourth-order valence-corrected chi connectivity index (χ4v) is 3.21. The highest BCUT2D eigenvalue weighted by Gasteiger charge is 2.12. The zero-order chi connectivity index (χ0) is 18.0. The number of rotatable bonds is 8. The zero-order valence-corrected chi connectivity index (χ0v) is 14.9. The average Bonchev–Trinajstić information content (AvgIpc) is 2.71. The molecule has 0 radical (unpaired) electrons. The molecule has 3 heteroatoms. The van der Waals surface area contributed by atoms with Crippen molar-refractivity contribution in [2.45, 2.75) is 32.1 Å². The highest BCUT2D eigenvalue weighted by molar-refractivity contribution is 6.13. The quantitative estimate of drug-likeness (QED) is 0.262. The van der Waals surface area contributed by atoms with Crippen LogP contribution in [0.5, 0.6) is 0 Å². The maximum Gasteiger partial charge on any atom is 0.118 e. The Morgan fingerprint density at radius 2 is 1.58 bits per heavy atom. The van der Waals surface area contributed by atoms with Crippen molar-refractivity contribution in [1.29, 1.82) is 0 Å². The van der Waals surface area contributed by atoms with E-state index in [1.807, 2.05) is 30.3 Å². The monoisotopic (exact) mass is 344 g/mol. The van der Waals surface area contributed by atoms with Crippen molar-refractivity contribution in [3.8, 4) is 0 Å². The van der Waals surface area contributed by atoms with Gasteiger partial charge in [0.05, 0.1) is 0 Å². The third-order valence-electron chi connectivity index (χ3n) is 4.56. The van der Waals surface area contributed by atoms with Gasteiger partial charge in [-0.15, -0.1) is 0 Å². The normalized spacial score (nSPS) is 11.5. The highest BCUT2D eigenvalue weighted by atomic mass is 16.4. The maximum atomic E-state index is 9.55. The third-order valence-corrected chi connectivity index (χ3v) is 4.56. The van der Waals surface area contributed by atoms with Gasteiger partial charge < -0.3 is 5.21 Å². The fourth-order valence-electron chi connectivity index (χ4n) is 3.21. The second-order valence-corrected chi connectivity index (χ2v) is 6.39. The van der Waals surface area contributed by atoms with Crippen LogP contribution in [0.3, 0.4) is 0 Å². The van der Waals surface area contributed by atoms with Crippen LogP contribution in [0.25, 0.3) is 0 Å². The molecule has 2 aromatic carbocycles. The molecule has 0 aliphatic heterocycles. The molecule has 0 saturated carbocycles. The number of unbranched alkanes of at least 4 members (excludes halogenated alkanes) is 2. The van der Waals surface area contributed by atoms with E-state index in [0.29, 0.717) is 5.71 Å². The minimum Gasteiger partial charge on any atom is -0.410 e. The van der Waals surface area contributed by atoms with Crippen molar-refractivity contribution in [3.05, 3.63) is 101 Å². The van der Waals surface area contributed by atoms with Crippen LogP contribution in [0.4, 0.5) is 0 Å². The van der Waals surface area contributed by atoms with Gasteiger partial charge in [-0.1, -0.05) is 66.2 Å². The molecule has 0 unspecified atom stereocenters. The summed E-state index contributed by atoms with van der Waals surface area (Å²) in [5.74, 6) is 0. The minimum absolute atomic E-state index is 0.581. The minimum atomic E-state index is 0.581. The Morgan fingerprint density at radius 3 is 2.35 bits per heavy atom. The molecule has 1 heterocycles. The molecule has 3 rings (SSSR count). The van der Waals surface area contributed by atoms with Crippen molar-refractivity contribution < 1.29 is 5.21 Å². The molecule has 0 amide bonds. The number of oxime groups is 1. The SMILES string of the molecule is ON=C(c1cccnc1)c1ccccc1CCCCCc1ccccc1. The van der Waals surface area contributed by atoms with Crippen LogP contribution in [0.15, 0.2) is 84.3 Å². The molecule has 0 aliphatic rings. The number of aryl methyl sites for hydroxylation is 2. The Balaban J connectivity index is 1.60. The molecule has 1 aromatic heterocycles. The van der Waals surface area contributed by atoms with Crippen LogP contribution in [0.2, 0.25) is 0 Å². The van der Waals surface area contributed by atoms with Crippen LogP contribution in [0, 0.1) is 0 Å². The summed E-state index contributed by atoms with van der Waals surface area (Å²) in [6, 6.07) is 22.6. The lowest BCUT2D eigenvalue weighted by molar-refractivity contribution is 0.319. The van der Waals surface area contributed by atoms with Gasteiger partial charge in [0, 0.05) is 23.5 Å².